The van der Waals surface area contributed by atoms with Crippen molar-refractivity contribution >= 4 is 29.1 Å². The molecule has 1 amide bonds. The van der Waals surface area contributed by atoms with Gasteiger partial charge in [0.15, 0.2) is 0 Å². The van der Waals surface area contributed by atoms with E-state index >= 15 is 0 Å². The Labute approximate surface area is 152 Å². The van der Waals surface area contributed by atoms with Gasteiger partial charge in [-0.05, 0) is 53.5 Å². The van der Waals surface area contributed by atoms with Crippen LogP contribution < -0.4 is 10.1 Å². The lowest BCUT2D eigenvalue weighted by molar-refractivity contribution is -0.394. The van der Waals surface area contributed by atoms with Gasteiger partial charge in [-0.15, -0.1) is 0 Å². The molecule has 0 aliphatic rings. The summed E-state index contributed by atoms with van der Waals surface area (Å²) in [6, 6.07) is 13.7. The van der Waals surface area contributed by atoms with E-state index in [2.05, 4.69) is 15.4 Å². The van der Waals surface area contributed by atoms with Crippen molar-refractivity contribution in [2.24, 2.45) is 0 Å². The lowest BCUT2D eigenvalue weighted by Crippen LogP contribution is -2.19. The predicted molar refractivity (Wildman–Crippen MR) is 93.3 cm³/mol. The Bertz CT molecular complexity index is 925. The summed E-state index contributed by atoms with van der Waals surface area (Å²) in [6.07, 6.45) is 1.13. The van der Waals surface area contributed by atoms with Gasteiger partial charge < -0.3 is 20.2 Å². The summed E-state index contributed by atoms with van der Waals surface area (Å²) in [6.45, 7) is -0.191. The van der Waals surface area contributed by atoms with Crippen molar-refractivity contribution in [2.45, 2.75) is 6.54 Å². The van der Waals surface area contributed by atoms with Gasteiger partial charge >= 0.3 is 5.95 Å². The van der Waals surface area contributed by atoms with Crippen molar-refractivity contribution in [3.63, 3.8) is 0 Å². The number of carbonyl (C=O) groups is 1. The highest BCUT2D eigenvalue weighted by Gasteiger charge is 2.15. The molecule has 0 spiro atoms. The molecule has 0 bridgehead atoms. The highest BCUT2D eigenvalue weighted by molar-refractivity contribution is 6.30. The number of benzene rings is 2. The topological polar surface area (TPSA) is 112 Å². The monoisotopic (exact) mass is 373 g/mol. The molecule has 0 fully saturated rings. The predicted octanol–water partition coefficient (Wildman–Crippen LogP) is 3.27. The summed E-state index contributed by atoms with van der Waals surface area (Å²) in [4.78, 5) is 25.2. The molecule has 10 heteroatoms. The normalized spacial score (nSPS) is 10.3. The van der Waals surface area contributed by atoms with E-state index in [1.54, 1.807) is 48.5 Å². The zero-order valence-corrected chi connectivity index (χ0v) is 14.0. The Morgan fingerprint density at radius 3 is 2.35 bits per heavy atom. The third kappa shape index (κ3) is 4.54. The van der Waals surface area contributed by atoms with Gasteiger partial charge in [0.05, 0.1) is 0 Å². The van der Waals surface area contributed by atoms with Gasteiger partial charge in [-0.1, -0.05) is 16.6 Å². The number of hydrogen-bond acceptors (Lipinski definition) is 6. The summed E-state index contributed by atoms with van der Waals surface area (Å²) in [7, 11) is 0. The minimum Gasteiger partial charge on any atom is -0.457 e. The van der Waals surface area contributed by atoms with E-state index in [0.29, 0.717) is 22.2 Å². The molecule has 1 aromatic heterocycles. The number of carbonyl (C=O) groups excluding carboxylic acids is 1. The average molecular weight is 374 g/mol. The number of anilines is 1. The van der Waals surface area contributed by atoms with Gasteiger partial charge in [0.2, 0.25) is 12.2 Å². The van der Waals surface area contributed by atoms with Crippen LogP contribution in [0.1, 0.15) is 0 Å². The van der Waals surface area contributed by atoms with Crippen LogP contribution in [0, 0.1) is 10.1 Å². The average Bonchev–Trinajstić information content (AvgIpc) is 3.07. The van der Waals surface area contributed by atoms with Crippen LogP contribution in [0.15, 0.2) is 54.9 Å². The van der Waals surface area contributed by atoms with Crippen LogP contribution in [0.3, 0.4) is 0 Å². The van der Waals surface area contributed by atoms with Crippen LogP contribution in [0.2, 0.25) is 5.02 Å². The fourth-order valence-electron chi connectivity index (χ4n) is 2.04. The van der Waals surface area contributed by atoms with Crippen LogP contribution in [0.25, 0.3) is 0 Å². The highest BCUT2D eigenvalue weighted by atomic mass is 35.5. The van der Waals surface area contributed by atoms with Gasteiger partial charge in [0.25, 0.3) is 0 Å². The van der Waals surface area contributed by atoms with Gasteiger partial charge in [-0.2, -0.15) is 4.68 Å². The Morgan fingerprint density at radius 1 is 1.15 bits per heavy atom. The second kappa shape index (κ2) is 7.62. The summed E-state index contributed by atoms with van der Waals surface area (Å²) in [5, 5.41) is 17.4. The molecular weight excluding hydrogens is 362 g/mol. The third-order valence-electron chi connectivity index (χ3n) is 3.18. The number of rotatable bonds is 6. The standard InChI is InChI=1S/C16H12ClN5O4/c17-11-1-5-13(6-2-11)26-14-7-3-12(4-8-14)19-15(23)9-21-10-18-16(20-21)22(24)25/h1-8,10H,9H2,(H,19,23). The molecule has 9 nitrogen and oxygen atoms in total. The van der Waals surface area contributed by atoms with Crippen molar-refractivity contribution in [3.05, 3.63) is 70.0 Å². The molecule has 1 heterocycles. The molecular formula is C16H12ClN5O4. The van der Waals surface area contributed by atoms with Crippen molar-refractivity contribution < 1.29 is 14.5 Å². The van der Waals surface area contributed by atoms with Gasteiger partial charge in [0.1, 0.15) is 18.0 Å². The van der Waals surface area contributed by atoms with Gasteiger partial charge in [-0.25, -0.2) is 0 Å². The number of aromatic nitrogens is 3. The third-order valence-corrected chi connectivity index (χ3v) is 3.43. The number of ether oxygens (including phenoxy) is 1. The van der Waals surface area contributed by atoms with E-state index in [1.165, 1.54) is 0 Å². The molecule has 1 N–H and O–H groups in total. The fourth-order valence-corrected chi connectivity index (χ4v) is 2.16. The molecule has 0 atom stereocenters. The first-order valence-corrected chi connectivity index (χ1v) is 7.74. The summed E-state index contributed by atoms with van der Waals surface area (Å²) in [5.74, 6) is 0.286. The summed E-state index contributed by atoms with van der Waals surface area (Å²) in [5.41, 5.74) is 0.549. The molecule has 3 aromatic rings. The maximum Gasteiger partial charge on any atom is 0.490 e. The van der Waals surface area contributed by atoms with E-state index < -0.39 is 16.8 Å². The summed E-state index contributed by atoms with van der Waals surface area (Å²) < 4.78 is 6.75. The van der Waals surface area contributed by atoms with Gasteiger partial charge in [0, 0.05) is 15.8 Å². The van der Waals surface area contributed by atoms with E-state index in [1.807, 2.05) is 0 Å². The zero-order chi connectivity index (χ0) is 18.5. The first-order chi connectivity index (χ1) is 12.5. The maximum absolute atomic E-state index is 12.0. The molecule has 0 radical (unpaired) electrons. The Balaban J connectivity index is 1.57. The molecule has 132 valence electrons. The van der Waals surface area contributed by atoms with Crippen LogP contribution >= 0.6 is 11.6 Å². The van der Waals surface area contributed by atoms with E-state index in [0.717, 1.165) is 11.0 Å². The number of nitro groups is 1. The number of halogens is 1. The Kier molecular flexibility index (Phi) is 5.09. The van der Waals surface area contributed by atoms with Crippen LogP contribution in [0.4, 0.5) is 11.6 Å². The molecule has 0 saturated carbocycles. The highest BCUT2D eigenvalue weighted by Crippen LogP contribution is 2.24. The molecule has 0 saturated heterocycles. The number of nitrogens with one attached hydrogen (secondary N) is 1. The molecule has 3 rings (SSSR count). The smallest absolute Gasteiger partial charge is 0.457 e. The second-order valence-electron chi connectivity index (χ2n) is 5.13. The number of amides is 1. The zero-order valence-electron chi connectivity index (χ0n) is 13.2. The molecule has 0 unspecified atom stereocenters. The Morgan fingerprint density at radius 2 is 1.77 bits per heavy atom. The minimum absolute atomic E-state index is 0.191. The maximum atomic E-state index is 12.0. The number of hydrogen-bond donors (Lipinski definition) is 1. The summed E-state index contributed by atoms with van der Waals surface area (Å²) >= 11 is 5.82. The van der Waals surface area contributed by atoms with E-state index in [9.17, 15) is 14.9 Å². The SMILES string of the molecule is O=C(Cn1cnc([N+](=O)[O-])n1)Nc1ccc(Oc2ccc(Cl)cc2)cc1. The number of nitrogens with zero attached hydrogens (tertiary/aromatic N) is 4. The van der Waals surface area contributed by atoms with Crippen molar-refractivity contribution in [2.75, 3.05) is 5.32 Å². The lowest BCUT2D eigenvalue weighted by Gasteiger charge is -2.08. The van der Waals surface area contributed by atoms with Crippen LogP contribution in [-0.4, -0.2) is 25.6 Å². The minimum atomic E-state index is -0.728. The lowest BCUT2D eigenvalue weighted by atomic mass is 10.3. The largest absolute Gasteiger partial charge is 0.490 e. The van der Waals surface area contributed by atoms with Gasteiger partial charge in [-0.3, -0.25) is 4.79 Å². The van der Waals surface area contributed by atoms with E-state index in [-0.39, 0.29) is 6.54 Å². The molecule has 0 aliphatic heterocycles. The van der Waals surface area contributed by atoms with Crippen molar-refractivity contribution in [1.82, 2.24) is 14.8 Å². The second-order valence-corrected chi connectivity index (χ2v) is 5.56. The molecule has 0 aliphatic carbocycles. The van der Waals surface area contributed by atoms with Crippen molar-refractivity contribution in [1.29, 1.82) is 0 Å². The quantitative estimate of drug-likeness (QED) is 0.524. The van der Waals surface area contributed by atoms with Crippen LogP contribution in [0.5, 0.6) is 11.5 Å². The van der Waals surface area contributed by atoms with Crippen molar-refractivity contribution in [3.8, 4) is 11.5 Å². The molecule has 2 aromatic carbocycles. The Hall–Kier alpha value is -3.46. The van der Waals surface area contributed by atoms with E-state index in [4.69, 9.17) is 16.3 Å². The van der Waals surface area contributed by atoms with Crippen LogP contribution in [-0.2, 0) is 11.3 Å². The molecule has 26 heavy (non-hydrogen) atoms. The first-order valence-electron chi connectivity index (χ1n) is 7.37. The fraction of sp³-hybridized carbons (Fsp3) is 0.0625. The first kappa shape index (κ1) is 17.4.